The molecule has 0 atom stereocenters. The monoisotopic (exact) mass is 544 g/mol. The first-order valence-electron chi connectivity index (χ1n) is 9.64. The van der Waals surface area contributed by atoms with Crippen LogP contribution in [-0.2, 0) is 57.4 Å². The summed E-state index contributed by atoms with van der Waals surface area (Å²) in [5.74, 6) is -9.19. The zero-order chi connectivity index (χ0) is 27.3. The number of hydrogen-bond donors (Lipinski definition) is 2. The van der Waals surface area contributed by atoms with E-state index in [2.05, 4.69) is 8.37 Å². The number of carbonyl (C=O) groups excluding carboxylic acids is 4. The largest absolute Gasteiger partial charge is 0.476 e. The Bertz CT molecular complexity index is 1370. The molecule has 0 aliphatic carbocycles. The molecule has 2 N–H and O–H groups in total. The molecule has 0 aliphatic heterocycles. The van der Waals surface area contributed by atoms with E-state index >= 15 is 0 Å². The number of Topliss-reactive ketones (excluding diaryl/α,β-unsaturated/α-hetero) is 2. The van der Waals surface area contributed by atoms with Gasteiger partial charge in [-0.3, -0.25) is 19.2 Å². The smallest absolute Gasteiger partial charge is 0.372 e. The fourth-order valence-corrected chi connectivity index (χ4v) is 4.97. The Labute approximate surface area is 202 Å². The highest BCUT2D eigenvalue weighted by atomic mass is 32.2. The first kappa shape index (κ1) is 28.1. The van der Waals surface area contributed by atoms with Gasteiger partial charge in [0.1, 0.15) is 9.79 Å². The standard InChI is InChI=1S/C20H16O14S2/c21-13(19(25)26)7-9-17(23)33-35(29,30)15-5-1-3-11-12(15)4-2-6-16(11)36(31,32)34-18(24)10-8-14(22)20(27)28/h1-6H,7-10H2,(H,25,26)(H,27,28). The second-order valence-electron chi connectivity index (χ2n) is 6.88. The van der Waals surface area contributed by atoms with E-state index in [1.165, 1.54) is 0 Å². The van der Waals surface area contributed by atoms with Crippen LogP contribution in [0.4, 0.5) is 0 Å². The second kappa shape index (κ2) is 11.0. The minimum absolute atomic E-state index is 0.259. The van der Waals surface area contributed by atoms with Crippen molar-refractivity contribution in [1.29, 1.82) is 0 Å². The Balaban J connectivity index is 2.33. The molecule has 0 radical (unpaired) electrons. The number of carboxylic acid groups (broad SMARTS) is 2. The van der Waals surface area contributed by atoms with E-state index in [4.69, 9.17) is 10.2 Å². The average Bonchev–Trinajstić information content (AvgIpc) is 2.79. The third-order valence-electron chi connectivity index (χ3n) is 4.38. The summed E-state index contributed by atoms with van der Waals surface area (Å²) < 4.78 is 59.3. The number of rotatable bonds is 12. The van der Waals surface area contributed by atoms with Crippen LogP contribution in [0.15, 0.2) is 46.2 Å². The van der Waals surface area contributed by atoms with Gasteiger partial charge in [0, 0.05) is 23.6 Å². The van der Waals surface area contributed by atoms with Crippen LogP contribution >= 0.6 is 0 Å². The molecule has 2 rings (SSSR count). The van der Waals surface area contributed by atoms with Gasteiger partial charge in [-0.2, -0.15) is 16.8 Å². The summed E-state index contributed by atoms with van der Waals surface area (Å²) in [6.45, 7) is 0. The van der Waals surface area contributed by atoms with Gasteiger partial charge in [-0.05, 0) is 12.1 Å². The lowest BCUT2D eigenvalue weighted by atomic mass is 10.1. The minimum Gasteiger partial charge on any atom is -0.476 e. The van der Waals surface area contributed by atoms with Gasteiger partial charge in [0.05, 0.1) is 12.8 Å². The van der Waals surface area contributed by atoms with Crippen LogP contribution < -0.4 is 0 Å². The highest BCUT2D eigenvalue weighted by Crippen LogP contribution is 2.30. The van der Waals surface area contributed by atoms with E-state index in [1.54, 1.807) is 0 Å². The van der Waals surface area contributed by atoms with Crippen molar-refractivity contribution in [3.63, 3.8) is 0 Å². The summed E-state index contributed by atoms with van der Waals surface area (Å²) in [7, 11) is -9.74. The molecule has 192 valence electrons. The third kappa shape index (κ3) is 6.92. The van der Waals surface area contributed by atoms with Crippen molar-refractivity contribution in [3.05, 3.63) is 36.4 Å². The van der Waals surface area contributed by atoms with Gasteiger partial charge in [-0.15, -0.1) is 0 Å². The maximum absolute atomic E-state index is 12.6. The molecule has 0 amide bonds. The average molecular weight is 544 g/mol. The molecule has 0 unspecified atom stereocenters. The molecule has 2 aromatic carbocycles. The minimum atomic E-state index is -4.87. The Hall–Kier alpha value is -4.18. The van der Waals surface area contributed by atoms with E-state index in [9.17, 15) is 45.6 Å². The molecule has 0 saturated heterocycles. The topological polar surface area (TPSA) is 230 Å². The zero-order valence-electron chi connectivity index (χ0n) is 17.9. The molecule has 0 spiro atoms. The van der Waals surface area contributed by atoms with Crippen molar-refractivity contribution in [3.8, 4) is 0 Å². The van der Waals surface area contributed by atoms with Crippen molar-refractivity contribution in [2.75, 3.05) is 0 Å². The van der Waals surface area contributed by atoms with Crippen molar-refractivity contribution in [2.45, 2.75) is 35.5 Å². The quantitative estimate of drug-likeness (QED) is 0.268. The number of hydrogen-bond acceptors (Lipinski definition) is 12. The fourth-order valence-electron chi connectivity index (χ4n) is 2.75. The molecule has 16 heteroatoms. The van der Waals surface area contributed by atoms with Gasteiger partial charge in [-0.25, -0.2) is 9.59 Å². The number of ketones is 2. The van der Waals surface area contributed by atoms with E-state index in [0.717, 1.165) is 36.4 Å². The first-order valence-corrected chi connectivity index (χ1v) is 12.5. The zero-order valence-corrected chi connectivity index (χ0v) is 19.5. The van der Waals surface area contributed by atoms with Crippen LogP contribution in [-0.4, -0.2) is 62.5 Å². The second-order valence-corrected chi connectivity index (χ2v) is 9.91. The van der Waals surface area contributed by atoms with E-state index < -0.39 is 91.2 Å². The number of aliphatic carboxylic acids is 2. The molecule has 36 heavy (non-hydrogen) atoms. The van der Waals surface area contributed by atoms with E-state index in [-0.39, 0.29) is 10.8 Å². The van der Waals surface area contributed by atoms with Crippen molar-refractivity contribution in [2.24, 2.45) is 0 Å². The number of benzene rings is 2. The molecule has 2 aromatic rings. The normalized spacial score (nSPS) is 11.4. The van der Waals surface area contributed by atoms with Crippen molar-refractivity contribution in [1.82, 2.24) is 0 Å². The Kier molecular flexibility index (Phi) is 8.61. The summed E-state index contributed by atoms with van der Waals surface area (Å²) >= 11 is 0. The van der Waals surface area contributed by atoms with Crippen LogP contribution in [0.1, 0.15) is 25.7 Å². The Morgan fingerprint density at radius 1 is 0.583 bits per heavy atom. The Morgan fingerprint density at radius 2 is 0.917 bits per heavy atom. The van der Waals surface area contributed by atoms with Gasteiger partial charge in [-0.1, -0.05) is 24.3 Å². The predicted molar refractivity (Wildman–Crippen MR) is 114 cm³/mol. The number of fused-ring (bicyclic) bond motifs is 1. The maximum Gasteiger partial charge on any atom is 0.372 e. The molecule has 14 nitrogen and oxygen atoms in total. The molecule has 0 aromatic heterocycles. The predicted octanol–water partition coefficient (Wildman–Crippen LogP) is 0.171. The summed E-state index contributed by atoms with van der Waals surface area (Å²) in [6.07, 6.45) is -3.33. The van der Waals surface area contributed by atoms with E-state index in [1.807, 2.05) is 0 Å². The lowest BCUT2D eigenvalue weighted by Gasteiger charge is -2.11. The Morgan fingerprint density at radius 3 is 1.22 bits per heavy atom. The van der Waals surface area contributed by atoms with Crippen LogP contribution in [0.5, 0.6) is 0 Å². The molecule has 0 aliphatic rings. The van der Waals surface area contributed by atoms with Gasteiger partial charge >= 0.3 is 44.1 Å². The summed E-state index contributed by atoms with van der Waals surface area (Å²) in [4.78, 5) is 65.5. The molecular weight excluding hydrogens is 528 g/mol. The van der Waals surface area contributed by atoms with Gasteiger partial charge in [0.25, 0.3) is 0 Å². The highest BCUT2D eigenvalue weighted by molar-refractivity contribution is 7.87. The van der Waals surface area contributed by atoms with Gasteiger partial charge < -0.3 is 18.6 Å². The van der Waals surface area contributed by atoms with Crippen molar-refractivity contribution < 1.29 is 64.2 Å². The molecule has 0 fully saturated rings. The van der Waals surface area contributed by atoms with Crippen LogP contribution in [0, 0.1) is 0 Å². The van der Waals surface area contributed by atoms with Crippen molar-refractivity contribution >= 4 is 66.5 Å². The summed E-state index contributed by atoms with van der Waals surface area (Å²) in [5, 5.41) is 16.5. The highest BCUT2D eigenvalue weighted by Gasteiger charge is 2.28. The van der Waals surface area contributed by atoms with Gasteiger partial charge in [0.15, 0.2) is 0 Å². The summed E-state index contributed by atoms with van der Waals surface area (Å²) in [6, 6.07) is 6.49. The van der Waals surface area contributed by atoms with Crippen LogP contribution in [0.2, 0.25) is 0 Å². The lowest BCUT2D eigenvalue weighted by molar-refractivity contribution is -0.149. The lowest BCUT2D eigenvalue weighted by Crippen LogP contribution is -2.18. The first-order chi connectivity index (χ1) is 16.7. The van der Waals surface area contributed by atoms with E-state index in [0.29, 0.717) is 0 Å². The number of carboxylic acids is 2. The molecule has 0 heterocycles. The van der Waals surface area contributed by atoms with Gasteiger partial charge in [0.2, 0.25) is 11.6 Å². The third-order valence-corrected chi connectivity index (χ3v) is 6.98. The molecular formula is C20H16O14S2. The fraction of sp³-hybridized carbons (Fsp3) is 0.200. The molecule has 0 bridgehead atoms. The van der Waals surface area contributed by atoms with Crippen LogP contribution in [0.25, 0.3) is 10.8 Å². The number of carbonyl (C=O) groups is 6. The summed E-state index contributed by atoms with van der Waals surface area (Å²) in [5.41, 5.74) is 0. The SMILES string of the molecule is O=C(CCC(=O)C(=O)O)OS(=O)(=O)c1cccc2c(S(=O)(=O)OC(=O)CCC(=O)C(=O)O)cccc12. The molecule has 0 saturated carbocycles. The van der Waals surface area contributed by atoms with Crippen LogP contribution in [0.3, 0.4) is 0 Å². The maximum atomic E-state index is 12.6.